The van der Waals surface area contributed by atoms with Gasteiger partial charge >= 0.3 is 6.03 Å². The number of aromatic nitrogens is 2. The maximum absolute atomic E-state index is 13.0. The second-order valence-corrected chi connectivity index (χ2v) is 7.61. The van der Waals surface area contributed by atoms with E-state index in [9.17, 15) is 4.79 Å². The topological polar surface area (TPSA) is 64.6 Å². The summed E-state index contributed by atoms with van der Waals surface area (Å²) in [7, 11) is 0. The van der Waals surface area contributed by atoms with Gasteiger partial charge in [-0.15, -0.1) is 12.4 Å². The molecule has 1 aromatic heterocycles. The number of amidine groups is 1. The van der Waals surface area contributed by atoms with Crippen LogP contribution in [-0.2, 0) is 0 Å². The van der Waals surface area contributed by atoms with Crippen LogP contribution in [0.1, 0.15) is 70.3 Å². The number of urea groups is 1. The van der Waals surface area contributed by atoms with Crippen LogP contribution in [0.4, 0.5) is 10.6 Å². The molecule has 4 rings (SSSR count). The van der Waals surface area contributed by atoms with Crippen molar-refractivity contribution in [3.8, 4) is 0 Å². The fraction of sp³-hybridized carbons (Fsp3) is 0.722. The summed E-state index contributed by atoms with van der Waals surface area (Å²) in [5.74, 6) is 3.58. The number of aliphatic imine (C=N–C) groups is 1. The third kappa shape index (κ3) is 2.94. The maximum atomic E-state index is 13.0. The average Bonchev–Trinajstić information content (AvgIpc) is 3.28. The lowest BCUT2D eigenvalue weighted by atomic mass is 10.1. The first kappa shape index (κ1) is 18.2. The number of fused-ring (bicyclic) bond motifs is 3. The molecule has 3 heterocycles. The van der Waals surface area contributed by atoms with Crippen molar-refractivity contribution in [3.05, 3.63) is 11.5 Å². The molecular formula is C18H28ClN5O. The SMILES string of the molecule is CCCN1C(=O)N2C[C@@H](C(C)C)N=C2c2[nH]c(C3CCCC3)nc21.Cl. The van der Waals surface area contributed by atoms with E-state index in [0.717, 1.165) is 29.6 Å². The van der Waals surface area contributed by atoms with E-state index in [0.29, 0.717) is 24.9 Å². The minimum atomic E-state index is 0. The Balaban J connectivity index is 0.00000182. The fourth-order valence-corrected chi connectivity index (χ4v) is 4.06. The highest BCUT2D eigenvalue weighted by atomic mass is 35.5. The zero-order chi connectivity index (χ0) is 16.8. The van der Waals surface area contributed by atoms with Gasteiger partial charge in [0.05, 0.1) is 12.6 Å². The number of H-pyrrole nitrogens is 1. The van der Waals surface area contributed by atoms with Crippen LogP contribution in [0.25, 0.3) is 0 Å². The summed E-state index contributed by atoms with van der Waals surface area (Å²) in [5.41, 5.74) is 0.952. The van der Waals surface area contributed by atoms with Gasteiger partial charge in [-0.25, -0.2) is 9.78 Å². The third-order valence-corrected chi connectivity index (χ3v) is 5.52. The van der Waals surface area contributed by atoms with Gasteiger partial charge in [0.15, 0.2) is 11.7 Å². The van der Waals surface area contributed by atoms with Gasteiger partial charge in [0, 0.05) is 12.5 Å². The zero-order valence-corrected chi connectivity index (χ0v) is 16.1. The Morgan fingerprint density at radius 3 is 2.64 bits per heavy atom. The van der Waals surface area contributed by atoms with Crippen LogP contribution in [-0.4, -0.2) is 45.9 Å². The molecular weight excluding hydrogens is 338 g/mol. The second-order valence-electron chi connectivity index (χ2n) is 7.61. The van der Waals surface area contributed by atoms with E-state index < -0.39 is 0 Å². The Labute approximate surface area is 155 Å². The second kappa shape index (κ2) is 6.98. The summed E-state index contributed by atoms with van der Waals surface area (Å²) in [5, 5.41) is 0. The lowest BCUT2D eigenvalue weighted by molar-refractivity contribution is 0.225. The fourth-order valence-electron chi connectivity index (χ4n) is 4.06. The van der Waals surface area contributed by atoms with Crippen LogP contribution in [0.5, 0.6) is 0 Å². The number of nitrogens with zero attached hydrogens (tertiary/aromatic N) is 4. The third-order valence-electron chi connectivity index (χ3n) is 5.52. The van der Waals surface area contributed by atoms with Crippen molar-refractivity contribution in [2.45, 2.75) is 64.8 Å². The monoisotopic (exact) mass is 365 g/mol. The molecule has 0 aromatic carbocycles. The minimum absolute atomic E-state index is 0. The number of anilines is 1. The van der Waals surface area contributed by atoms with Crippen LogP contribution in [0.2, 0.25) is 0 Å². The van der Waals surface area contributed by atoms with Gasteiger partial charge in [-0.2, -0.15) is 0 Å². The van der Waals surface area contributed by atoms with Crippen LogP contribution < -0.4 is 4.90 Å². The number of rotatable bonds is 4. The van der Waals surface area contributed by atoms with E-state index in [1.54, 1.807) is 0 Å². The number of amides is 2. The number of hydrogen-bond donors (Lipinski definition) is 1. The minimum Gasteiger partial charge on any atom is -0.337 e. The molecule has 7 heteroatoms. The molecule has 1 atom stereocenters. The largest absolute Gasteiger partial charge is 0.337 e. The molecule has 138 valence electrons. The molecule has 25 heavy (non-hydrogen) atoms. The van der Waals surface area contributed by atoms with Gasteiger partial charge in [0.1, 0.15) is 11.5 Å². The van der Waals surface area contributed by atoms with Gasteiger partial charge in [0.25, 0.3) is 0 Å². The smallest absolute Gasteiger partial charge is 0.331 e. The molecule has 1 N–H and O–H groups in total. The van der Waals surface area contributed by atoms with E-state index in [4.69, 9.17) is 9.98 Å². The molecule has 1 saturated carbocycles. The maximum Gasteiger partial charge on any atom is 0.331 e. The molecule has 2 amide bonds. The van der Waals surface area contributed by atoms with Crippen molar-refractivity contribution < 1.29 is 4.79 Å². The normalized spacial score (nSPS) is 23.0. The average molecular weight is 366 g/mol. The lowest BCUT2D eigenvalue weighted by Gasteiger charge is -2.32. The number of carbonyl (C=O) groups is 1. The first-order valence-corrected chi connectivity index (χ1v) is 9.37. The molecule has 0 saturated heterocycles. The lowest BCUT2D eigenvalue weighted by Crippen LogP contribution is -2.50. The van der Waals surface area contributed by atoms with E-state index in [-0.39, 0.29) is 24.5 Å². The first-order valence-electron chi connectivity index (χ1n) is 9.37. The molecule has 0 unspecified atom stereocenters. The predicted molar refractivity (Wildman–Crippen MR) is 102 cm³/mol. The summed E-state index contributed by atoms with van der Waals surface area (Å²) in [6, 6.07) is 0.215. The van der Waals surface area contributed by atoms with Gasteiger partial charge in [-0.05, 0) is 25.2 Å². The summed E-state index contributed by atoms with van der Waals surface area (Å²) >= 11 is 0. The van der Waals surface area contributed by atoms with Crippen molar-refractivity contribution in [1.29, 1.82) is 0 Å². The quantitative estimate of drug-likeness (QED) is 0.878. The first-order chi connectivity index (χ1) is 11.6. The molecule has 1 aromatic rings. The molecule has 0 radical (unpaired) electrons. The van der Waals surface area contributed by atoms with Gasteiger partial charge in [0.2, 0.25) is 0 Å². The Morgan fingerprint density at radius 2 is 2.00 bits per heavy atom. The van der Waals surface area contributed by atoms with E-state index in [1.165, 1.54) is 25.7 Å². The highest BCUT2D eigenvalue weighted by Gasteiger charge is 2.43. The molecule has 1 fully saturated rings. The number of imidazole rings is 1. The standard InChI is InChI=1S/C18H27N5O.ClH/c1-4-9-22-17-14(20-15(21-17)12-7-5-6-8-12)16-19-13(11(2)3)10-23(16)18(22)24;/h11-13H,4-10H2,1-3H3,(H,20,21);1H/t13-;/m0./s1. The molecule has 3 aliphatic rings. The van der Waals surface area contributed by atoms with Crippen LogP contribution >= 0.6 is 12.4 Å². The van der Waals surface area contributed by atoms with Crippen molar-refractivity contribution in [2.75, 3.05) is 18.0 Å². The van der Waals surface area contributed by atoms with Gasteiger partial charge in [-0.1, -0.05) is 33.6 Å². The molecule has 2 aliphatic heterocycles. The summed E-state index contributed by atoms with van der Waals surface area (Å²) < 4.78 is 0. The van der Waals surface area contributed by atoms with E-state index in [2.05, 4.69) is 25.8 Å². The predicted octanol–water partition coefficient (Wildman–Crippen LogP) is 3.93. The summed E-state index contributed by atoms with van der Waals surface area (Å²) in [4.78, 5) is 29.9. The number of halogens is 1. The van der Waals surface area contributed by atoms with Crippen LogP contribution in [0, 0.1) is 5.92 Å². The molecule has 6 nitrogen and oxygen atoms in total. The Morgan fingerprint density at radius 1 is 1.28 bits per heavy atom. The van der Waals surface area contributed by atoms with E-state index >= 15 is 0 Å². The molecule has 0 bridgehead atoms. The zero-order valence-electron chi connectivity index (χ0n) is 15.3. The number of aromatic amines is 1. The highest BCUT2D eigenvalue weighted by molar-refractivity contribution is 6.18. The molecule has 1 aliphatic carbocycles. The summed E-state index contributed by atoms with van der Waals surface area (Å²) in [6.45, 7) is 7.82. The number of hydrogen-bond acceptors (Lipinski definition) is 3. The highest BCUT2D eigenvalue weighted by Crippen LogP contribution is 2.37. The van der Waals surface area contributed by atoms with Gasteiger partial charge in [-0.3, -0.25) is 14.8 Å². The Bertz CT molecular complexity index is 677. The van der Waals surface area contributed by atoms with Crippen LogP contribution in [0.15, 0.2) is 4.99 Å². The van der Waals surface area contributed by atoms with Crippen molar-refractivity contribution in [2.24, 2.45) is 10.9 Å². The number of carbonyl (C=O) groups excluding carboxylic acids is 1. The Kier molecular flexibility index (Phi) is 5.09. The van der Waals surface area contributed by atoms with Crippen molar-refractivity contribution >= 4 is 30.1 Å². The van der Waals surface area contributed by atoms with Gasteiger partial charge < -0.3 is 4.98 Å². The van der Waals surface area contributed by atoms with Crippen molar-refractivity contribution in [3.63, 3.8) is 0 Å². The van der Waals surface area contributed by atoms with Crippen molar-refractivity contribution in [1.82, 2.24) is 14.9 Å². The van der Waals surface area contributed by atoms with E-state index in [1.807, 2.05) is 9.80 Å². The Hall–Kier alpha value is -1.56. The summed E-state index contributed by atoms with van der Waals surface area (Å²) in [6.07, 6.45) is 5.86. The van der Waals surface area contributed by atoms with Crippen LogP contribution in [0.3, 0.4) is 0 Å². The molecule has 0 spiro atoms. The number of nitrogens with one attached hydrogen (secondary N) is 1.